The summed E-state index contributed by atoms with van der Waals surface area (Å²) >= 11 is 0. The maximum Gasteiger partial charge on any atom is 0.00965 e. The molecule has 2 aliphatic rings. The van der Waals surface area contributed by atoms with Gasteiger partial charge in [0.2, 0.25) is 0 Å². The fourth-order valence-electron chi connectivity index (χ4n) is 2.45. The number of nitrogens with one attached hydrogen (secondary N) is 1. The predicted octanol–water partition coefficient (Wildman–Crippen LogP) is 2.89. The Morgan fingerprint density at radius 2 is 1.88 bits per heavy atom. The van der Waals surface area contributed by atoms with Crippen molar-refractivity contribution in [2.45, 2.75) is 58.4 Å². The van der Waals surface area contributed by atoms with Crippen molar-refractivity contribution >= 4 is 0 Å². The van der Waals surface area contributed by atoms with E-state index >= 15 is 0 Å². The standard InChI is InChI=1S/C15H30N2/c1-13(2)11-16-9-3-4-10-17(15-7-8-15)12-14-5-6-14/h13-16H,3-12H2,1-2H3. The molecule has 0 saturated heterocycles. The third-order valence-electron chi connectivity index (χ3n) is 3.85. The summed E-state index contributed by atoms with van der Waals surface area (Å²) < 4.78 is 0. The zero-order valence-corrected chi connectivity index (χ0v) is 11.8. The molecule has 0 aromatic carbocycles. The summed E-state index contributed by atoms with van der Waals surface area (Å²) in [6.07, 6.45) is 8.67. The van der Waals surface area contributed by atoms with Gasteiger partial charge in [0.1, 0.15) is 0 Å². The molecule has 2 aliphatic carbocycles. The van der Waals surface area contributed by atoms with Crippen molar-refractivity contribution in [1.29, 1.82) is 0 Å². The molecule has 0 radical (unpaired) electrons. The lowest BCUT2D eigenvalue weighted by molar-refractivity contribution is 0.247. The molecule has 2 nitrogen and oxygen atoms in total. The van der Waals surface area contributed by atoms with Gasteiger partial charge in [0, 0.05) is 12.6 Å². The molecule has 0 aliphatic heterocycles. The van der Waals surface area contributed by atoms with Crippen LogP contribution in [0.15, 0.2) is 0 Å². The number of hydrogen-bond donors (Lipinski definition) is 1. The van der Waals surface area contributed by atoms with Gasteiger partial charge in [-0.1, -0.05) is 13.8 Å². The molecule has 2 saturated carbocycles. The fourth-order valence-corrected chi connectivity index (χ4v) is 2.45. The molecular formula is C15H30N2. The molecule has 2 fully saturated rings. The van der Waals surface area contributed by atoms with E-state index in [4.69, 9.17) is 0 Å². The van der Waals surface area contributed by atoms with Gasteiger partial charge in [0.05, 0.1) is 0 Å². The van der Waals surface area contributed by atoms with Crippen molar-refractivity contribution in [3.05, 3.63) is 0 Å². The van der Waals surface area contributed by atoms with E-state index in [0.717, 1.165) is 17.9 Å². The highest BCUT2D eigenvalue weighted by molar-refractivity contribution is 4.88. The number of unbranched alkanes of at least 4 members (excludes halogenated alkanes) is 1. The third-order valence-corrected chi connectivity index (χ3v) is 3.85. The van der Waals surface area contributed by atoms with E-state index in [1.807, 2.05) is 0 Å². The zero-order chi connectivity index (χ0) is 12.1. The Hall–Kier alpha value is -0.0800. The molecule has 2 rings (SSSR count). The van der Waals surface area contributed by atoms with Crippen molar-refractivity contribution in [2.75, 3.05) is 26.2 Å². The second kappa shape index (κ2) is 6.75. The SMILES string of the molecule is CC(C)CNCCCCN(CC1CC1)C1CC1. The van der Waals surface area contributed by atoms with Crippen LogP contribution in [0.3, 0.4) is 0 Å². The van der Waals surface area contributed by atoms with Crippen molar-refractivity contribution in [2.24, 2.45) is 11.8 Å². The highest BCUT2D eigenvalue weighted by Gasteiger charge is 2.32. The Labute approximate surface area is 107 Å². The normalized spacial score (nSPS) is 20.5. The van der Waals surface area contributed by atoms with Crippen molar-refractivity contribution < 1.29 is 0 Å². The van der Waals surface area contributed by atoms with Gasteiger partial charge in [0.25, 0.3) is 0 Å². The predicted molar refractivity (Wildman–Crippen MR) is 74.3 cm³/mol. The first-order valence-corrected chi connectivity index (χ1v) is 7.70. The lowest BCUT2D eigenvalue weighted by atomic mass is 10.2. The molecule has 0 spiro atoms. The van der Waals surface area contributed by atoms with Crippen LogP contribution >= 0.6 is 0 Å². The Bertz CT molecular complexity index is 207. The number of nitrogens with zero attached hydrogens (tertiary/aromatic N) is 1. The summed E-state index contributed by atoms with van der Waals surface area (Å²) in [5.74, 6) is 1.85. The minimum Gasteiger partial charge on any atom is -0.316 e. The van der Waals surface area contributed by atoms with E-state index in [-0.39, 0.29) is 0 Å². The van der Waals surface area contributed by atoms with E-state index < -0.39 is 0 Å². The highest BCUT2D eigenvalue weighted by atomic mass is 15.2. The van der Waals surface area contributed by atoms with Gasteiger partial charge in [-0.15, -0.1) is 0 Å². The van der Waals surface area contributed by atoms with E-state index in [9.17, 15) is 0 Å². The van der Waals surface area contributed by atoms with Crippen molar-refractivity contribution in [3.63, 3.8) is 0 Å². The minimum atomic E-state index is 0.785. The Balaban J connectivity index is 1.47. The summed E-state index contributed by atoms with van der Waals surface area (Å²) in [5, 5.41) is 3.54. The van der Waals surface area contributed by atoms with Crippen LogP contribution in [0.1, 0.15) is 52.4 Å². The molecule has 0 unspecified atom stereocenters. The maximum absolute atomic E-state index is 3.54. The Kier molecular flexibility index (Phi) is 5.30. The van der Waals surface area contributed by atoms with Crippen molar-refractivity contribution in [1.82, 2.24) is 10.2 Å². The van der Waals surface area contributed by atoms with Crippen LogP contribution in [0, 0.1) is 11.8 Å². The highest BCUT2D eigenvalue weighted by Crippen LogP contribution is 2.34. The van der Waals surface area contributed by atoms with E-state index in [1.54, 1.807) is 0 Å². The zero-order valence-electron chi connectivity index (χ0n) is 11.8. The van der Waals surface area contributed by atoms with E-state index in [0.29, 0.717) is 0 Å². The molecule has 0 amide bonds. The van der Waals surface area contributed by atoms with Gasteiger partial charge in [-0.05, 0) is 70.0 Å². The first-order chi connectivity index (χ1) is 8.25. The van der Waals surface area contributed by atoms with Crippen LogP contribution in [0.2, 0.25) is 0 Å². The van der Waals surface area contributed by atoms with Crippen LogP contribution in [0.5, 0.6) is 0 Å². The largest absolute Gasteiger partial charge is 0.316 e. The average Bonchev–Trinajstić information content (AvgIpc) is 3.14. The van der Waals surface area contributed by atoms with Gasteiger partial charge in [-0.3, -0.25) is 0 Å². The summed E-state index contributed by atoms with van der Waals surface area (Å²) in [7, 11) is 0. The van der Waals surface area contributed by atoms with Crippen LogP contribution < -0.4 is 5.32 Å². The topological polar surface area (TPSA) is 15.3 Å². The summed E-state index contributed by atoms with van der Waals surface area (Å²) in [6, 6.07) is 0.972. The molecule has 2 heteroatoms. The molecule has 100 valence electrons. The number of hydrogen-bond acceptors (Lipinski definition) is 2. The quantitative estimate of drug-likeness (QED) is 0.589. The van der Waals surface area contributed by atoms with Crippen molar-refractivity contribution in [3.8, 4) is 0 Å². The lowest BCUT2D eigenvalue weighted by Crippen LogP contribution is -2.30. The van der Waals surface area contributed by atoms with Gasteiger partial charge in [-0.25, -0.2) is 0 Å². The molecule has 0 atom stereocenters. The molecule has 0 heterocycles. The maximum atomic E-state index is 3.54. The van der Waals surface area contributed by atoms with Gasteiger partial charge >= 0.3 is 0 Å². The lowest BCUT2D eigenvalue weighted by Gasteiger charge is -2.21. The smallest absolute Gasteiger partial charge is 0.00965 e. The molecule has 0 aromatic rings. The fraction of sp³-hybridized carbons (Fsp3) is 1.00. The molecular weight excluding hydrogens is 208 g/mol. The first-order valence-electron chi connectivity index (χ1n) is 7.70. The molecule has 17 heavy (non-hydrogen) atoms. The Morgan fingerprint density at radius 3 is 2.47 bits per heavy atom. The van der Waals surface area contributed by atoms with Gasteiger partial charge in [-0.2, -0.15) is 0 Å². The van der Waals surface area contributed by atoms with Gasteiger partial charge in [0.15, 0.2) is 0 Å². The third kappa shape index (κ3) is 5.87. The number of rotatable bonds is 10. The second-order valence-corrected chi connectivity index (χ2v) is 6.47. The molecule has 0 bridgehead atoms. The van der Waals surface area contributed by atoms with Crippen LogP contribution in [-0.2, 0) is 0 Å². The average molecular weight is 238 g/mol. The molecule has 1 N–H and O–H groups in total. The van der Waals surface area contributed by atoms with Gasteiger partial charge < -0.3 is 10.2 Å². The second-order valence-electron chi connectivity index (χ2n) is 6.47. The van der Waals surface area contributed by atoms with Crippen LogP contribution in [0.4, 0.5) is 0 Å². The first kappa shape index (κ1) is 13.4. The van der Waals surface area contributed by atoms with E-state index in [1.165, 1.54) is 64.7 Å². The summed E-state index contributed by atoms with van der Waals surface area (Å²) in [6.45, 7) is 9.69. The molecule has 0 aromatic heterocycles. The minimum absolute atomic E-state index is 0.785. The van der Waals surface area contributed by atoms with E-state index in [2.05, 4.69) is 24.1 Å². The van der Waals surface area contributed by atoms with Crippen LogP contribution in [-0.4, -0.2) is 37.1 Å². The summed E-state index contributed by atoms with van der Waals surface area (Å²) in [4.78, 5) is 2.78. The summed E-state index contributed by atoms with van der Waals surface area (Å²) in [5.41, 5.74) is 0. The monoisotopic (exact) mass is 238 g/mol. The van der Waals surface area contributed by atoms with Crippen LogP contribution in [0.25, 0.3) is 0 Å². The Morgan fingerprint density at radius 1 is 1.12 bits per heavy atom.